The summed E-state index contributed by atoms with van der Waals surface area (Å²) in [6.07, 6.45) is 2.39. The summed E-state index contributed by atoms with van der Waals surface area (Å²) in [6, 6.07) is 16.1. The van der Waals surface area contributed by atoms with Crippen LogP contribution in [0.4, 0.5) is 0 Å². The highest BCUT2D eigenvalue weighted by Crippen LogP contribution is 2.13. The highest BCUT2D eigenvalue weighted by molar-refractivity contribution is 5.78. The maximum atomic E-state index is 12.9. The zero-order valence-electron chi connectivity index (χ0n) is 14.0. The van der Waals surface area contributed by atoms with Crippen LogP contribution in [-0.4, -0.2) is 16.1 Å². The number of nitrogens with zero attached hydrogens (tertiary/aromatic N) is 2. The fraction of sp³-hybridized carbons (Fsp3) is 0.300. The van der Waals surface area contributed by atoms with Crippen LogP contribution in [0.5, 0.6) is 0 Å². The third-order valence-electron chi connectivity index (χ3n) is 4.25. The fourth-order valence-electron chi connectivity index (χ4n) is 2.95. The van der Waals surface area contributed by atoms with Gasteiger partial charge < -0.3 is 5.73 Å². The Labute approximate surface area is 142 Å². The minimum Gasteiger partial charge on any atom is -0.330 e. The molecule has 0 aliphatic rings. The number of nitrogens with two attached hydrogens (primary N) is 1. The first-order chi connectivity index (χ1) is 11.7. The van der Waals surface area contributed by atoms with Crippen LogP contribution in [0.1, 0.15) is 23.4 Å². The summed E-state index contributed by atoms with van der Waals surface area (Å²) < 4.78 is 1.80. The van der Waals surface area contributed by atoms with E-state index in [4.69, 9.17) is 10.7 Å². The molecule has 24 heavy (non-hydrogen) atoms. The molecule has 124 valence electrons. The van der Waals surface area contributed by atoms with Crippen molar-refractivity contribution >= 4 is 10.9 Å². The van der Waals surface area contributed by atoms with Crippen molar-refractivity contribution in [2.75, 3.05) is 6.54 Å². The van der Waals surface area contributed by atoms with E-state index >= 15 is 0 Å². The molecule has 0 aliphatic carbocycles. The minimum atomic E-state index is 0.0419. The Hall–Kier alpha value is -2.46. The van der Waals surface area contributed by atoms with Gasteiger partial charge in [0.1, 0.15) is 5.82 Å². The van der Waals surface area contributed by atoms with Crippen LogP contribution in [0.3, 0.4) is 0 Å². The molecule has 0 radical (unpaired) electrons. The van der Waals surface area contributed by atoms with E-state index in [1.165, 1.54) is 5.56 Å². The standard InChI is InChI=1S/C20H23N3O/c1-15-8-10-18-17(14-15)20(24)23(13-5-12-21)19(22-18)11-9-16-6-3-2-4-7-16/h2-4,6-8,10,14H,5,9,11-13,21H2,1H3. The monoisotopic (exact) mass is 321 g/mol. The molecular weight excluding hydrogens is 298 g/mol. The molecule has 4 nitrogen and oxygen atoms in total. The summed E-state index contributed by atoms with van der Waals surface area (Å²) >= 11 is 0. The van der Waals surface area contributed by atoms with Crippen LogP contribution in [0.2, 0.25) is 0 Å². The van der Waals surface area contributed by atoms with Crippen molar-refractivity contribution in [3.8, 4) is 0 Å². The topological polar surface area (TPSA) is 60.9 Å². The predicted octanol–water partition coefficient (Wildman–Crippen LogP) is 2.84. The van der Waals surface area contributed by atoms with Crippen molar-refractivity contribution in [2.24, 2.45) is 5.73 Å². The van der Waals surface area contributed by atoms with Crippen molar-refractivity contribution in [3.63, 3.8) is 0 Å². The Morgan fingerprint density at radius 2 is 1.88 bits per heavy atom. The van der Waals surface area contributed by atoms with Crippen LogP contribution in [0.25, 0.3) is 10.9 Å². The number of aromatic nitrogens is 2. The molecule has 3 rings (SSSR count). The SMILES string of the molecule is Cc1ccc2nc(CCc3ccccc3)n(CCCN)c(=O)c2c1. The van der Waals surface area contributed by atoms with Crippen molar-refractivity contribution in [1.29, 1.82) is 0 Å². The lowest BCUT2D eigenvalue weighted by Crippen LogP contribution is -2.27. The lowest BCUT2D eigenvalue weighted by atomic mass is 10.1. The van der Waals surface area contributed by atoms with Gasteiger partial charge in [0.05, 0.1) is 10.9 Å². The summed E-state index contributed by atoms with van der Waals surface area (Å²) in [4.78, 5) is 17.7. The summed E-state index contributed by atoms with van der Waals surface area (Å²) in [6.45, 7) is 3.18. The molecule has 0 bridgehead atoms. The van der Waals surface area contributed by atoms with E-state index in [0.717, 1.165) is 36.2 Å². The fourth-order valence-corrected chi connectivity index (χ4v) is 2.95. The number of fused-ring (bicyclic) bond motifs is 1. The van der Waals surface area contributed by atoms with Gasteiger partial charge >= 0.3 is 0 Å². The van der Waals surface area contributed by atoms with Gasteiger partial charge in [0.15, 0.2) is 0 Å². The van der Waals surface area contributed by atoms with Gasteiger partial charge in [0.25, 0.3) is 5.56 Å². The second-order valence-electron chi connectivity index (χ2n) is 6.13. The number of hydrogen-bond acceptors (Lipinski definition) is 3. The number of aryl methyl sites for hydroxylation is 3. The van der Waals surface area contributed by atoms with E-state index in [2.05, 4.69) is 12.1 Å². The van der Waals surface area contributed by atoms with E-state index in [9.17, 15) is 4.79 Å². The van der Waals surface area contributed by atoms with Gasteiger partial charge in [0, 0.05) is 13.0 Å². The van der Waals surface area contributed by atoms with E-state index in [-0.39, 0.29) is 5.56 Å². The smallest absolute Gasteiger partial charge is 0.261 e. The first-order valence-corrected chi connectivity index (χ1v) is 8.43. The Morgan fingerprint density at radius 1 is 1.08 bits per heavy atom. The van der Waals surface area contributed by atoms with Gasteiger partial charge in [0.2, 0.25) is 0 Å². The molecule has 3 aromatic rings. The second-order valence-corrected chi connectivity index (χ2v) is 6.13. The van der Waals surface area contributed by atoms with Crippen LogP contribution < -0.4 is 11.3 Å². The summed E-state index contributed by atoms with van der Waals surface area (Å²) in [5.41, 5.74) is 8.78. The van der Waals surface area contributed by atoms with E-state index in [0.29, 0.717) is 18.5 Å². The Bertz CT molecular complexity index is 885. The number of rotatable bonds is 6. The molecule has 0 saturated carbocycles. The normalized spacial score (nSPS) is 11.1. The molecule has 0 unspecified atom stereocenters. The van der Waals surface area contributed by atoms with Crippen molar-refractivity contribution in [3.05, 3.63) is 75.8 Å². The van der Waals surface area contributed by atoms with Gasteiger partial charge in [-0.2, -0.15) is 0 Å². The zero-order chi connectivity index (χ0) is 16.9. The van der Waals surface area contributed by atoms with Crippen LogP contribution in [-0.2, 0) is 19.4 Å². The average Bonchev–Trinajstić information content (AvgIpc) is 2.61. The highest BCUT2D eigenvalue weighted by Gasteiger charge is 2.11. The maximum absolute atomic E-state index is 12.9. The molecule has 0 aliphatic heterocycles. The summed E-state index contributed by atoms with van der Waals surface area (Å²) in [5, 5.41) is 0.690. The molecule has 0 fully saturated rings. The Morgan fingerprint density at radius 3 is 2.62 bits per heavy atom. The average molecular weight is 321 g/mol. The first-order valence-electron chi connectivity index (χ1n) is 8.43. The largest absolute Gasteiger partial charge is 0.330 e. The Balaban J connectivity index is 2.00. The number of benzene rings is 2. The van der Waals surface area contributed by atoms with E-state index in [1.807, 2.05) is 43.3 Å². The lowest BCUT2D eigenvalue weighted by Gasteiger charge is -2.13. The summed E-state index contributed by atoms with van der Waals surface area (Å²) in [5.74, 6) is 0.841. The van der Waals surface area contributed by atoms with Gasteiger partial charge in [-0.1, -0.05) is 42.0 Å². The van der Waals surface area contributed by atoms with E-state index < -0.39 is 0 Å². The third-order valence-corrected chi connectivity index (χ3v) is 4.25. The molecule has 2 aromatic carbocycles. The van der Waals surface area contributed by atoms with Crippen LogP contribution in [0.15, 0.2) is 53.3 Å². The molecule has 0 spiro atoms. The van der Waals surface area contributed by atoms with Gasteiger partial charge in [-0.15, -0.1) is 0 Å². The quantitative estimate of drug-likeness (QED) is 0.759. The van der Waals surface area contributed by atoms with E-state index in [1.54, 1.807) is 4.57 Å². The third kappa shape index (κ3) is 3.54. The molecule has 0 atom stereocenters. The maximum Gasteiger partial charge on any atom is 0.261 e. The van der Waals surface area contributed by atoms with Gasteiger partial charge in [-0.05, 0) is 44.0 Å². The molecule has 1 aromatic heterocycles. The van der Waals surface area contributed by atoms with Crippen molar-refractivity contribution < 1.29 is 0 Å². The zero-order valence-corrected chi connectivity index (χ0v) is 14.0. The first kappa shape index (κ1) is 16.4. The number of hydrogen-bond donors (Lipinski definition) is 1. The molecule has 1 heterocycles. The molecule has 0 amide bonds. The molecular formula is C20H23N3O. The van der Waals surface area contributed by atoms with Crippen LogP contribution >= 0.6 is 0 Å². The predicted molar refractivity (Wildman–Crippen MR) is 98.3 cm³/mol. The second kappa shape index (κ2) is 7.41. The molecule has 2 N–H and O–H groups in total. The van der Waals surface area contributed by atoms with Crippen molar-refractivity contribution in [2.45, 2.75) is 32.7 Å². The lowest BCUT2D eigenvalue weighted by molar-refractivity contribution is 0.586. The van der Waals surface area contributed by atoms with Gasteiger partial charge in [-0.25, -0.2) is 4.98 Å². The minimum absolute atomic E-state index is 0.0419. The van der Waals surface area contributed by atoms with Crippen molar-refractivity contribution in [1.82, 2.24) is 9.55 Å². The van der Waals surface area contributed by atoms with Crippen LogP contribution in [0, 0.1) is 6.92 Å². The molecule has 0 saturated heterocycles. The summed E-state index contributed by atoms with van der Waals surface area (Å²) in [7, 11) is 0. The van der Waals surface area contributed by atoms with Gasteiger partial charge in [-0.3, -0.25) is 9.36 Å². The highest BCUT2D eigenvalue weighted by atomic mass is 16.1. The molecule has 4 heteroatoms. The Kier molecular flexibility index (Phi) is 5.06.